The number of nitrogens with zero attached hydrogens (tertiary/aromatic N) is 1. The number of hydrogen-bond acceptors (Lipinski definition) is 5. The van der Waals surface area contributed by atoms with Gasteiger partial charge in [0.1, 0.15) is 5.75 Å². The Morgan fingerprint density at radius 1 is 1.09 bits per heavy atom. The molecule has 164 valence electrons. The normalized spacial score (nSPS) is 10.8. The van der Waals surface area contributed by atoms with Gasteiger partial charge in [0.05, 0.1) is 19.8 Å². The Kier molecular flexibility index (Phi) is 9.09. The summed E-state index contributed by atoms with van der Waals surface area (Å²) in [7, 11) is 0. The summed E-state index contributed by atoms with van der Waals surface area (Å²) >= 11 is 14.8. The SMILES string of the molecule is O=C(COc1ccc(Cl)cc1I)N/N=C/c1cc(Br)cc(Br)c1OC(=O)c1ccccc1. The van der Waals surface area contributed by atoms with Crippen molar-refractivity contribution in [1.29, 1.82) is 0 Å². The molecule has 3 aromatic carbocycles. The van der Waals surface area contributed by atoms with Crippen molar-refractivity contribution in [3.8, 4) is 11.5 Å². The molecule has 0 saturated carbocycles. The molecule has 3 aromatic rings. The van der Waals surface area contributed by atoms with Gasteiger partial charge in [-0.05, 0) is 81.0 Å². The average molecular weight is 693 g/mol. The molecule has 6 nitrogen and oxygen atoms in total. The van der Waals surface area contributed by atoms with Gasteiger partial charge in [0.15, 0.2) is 12.4 Å². The van der Waals surface area contributed by atoms with E-state index in [2.05, 4.69) is 65.0 Å². The minimum absolute atomic E-state index is 0.229. The zero-order valence-corrected chi connectivity index (χ0v) is 22.2. The Labute approximate surface area is 219 Å². The number of hydrogen-bond donors (Lipinski definition) is 1. The van der Waals surface area contributed by atoms with Crippen molar-refractivity contribution >= 4 is 84.1 Å². The topological polar surface area (TPSA) is 77.0 Å². The maximum atomic E-state index is 12.5. The highest BCUT2D eigenvalue weighted by Gasteiger charge is 2.15. The zero-order chi connectivity index (χ0) is 23.1. The first-order chi connectivity index (χ1) is 15.3. The molecule has 0 aromatic heterocycles. The Morgan fingerprint density at radius 3 is 2.56 bits per heavy atom. The van der Waals surface area contributed by atoms with Crippen molar-refractivity contribution in [2.24, 2.45) is 5.10 Å². The summed E-state index contributed by atoms with van der Waals surface area (Å²) in [6, 6.07) is 17.2. The fourth-order valence-electron chi connectivity index (χ4n) is 2.45. The van der Waals surface area contributed by atoms with Crippen molar-refractivity contribution in [1.82, 2.24) is 5.43 Å². The Bertz CT molecular complexity index is 1180. The van der Waals surface area contributed by atoms with E-state index in [0.717, 1.165) is 8.04 Å². The lowest BCUT2D eigenvalue weighted by atomic mass is 10.2. The van der Waals surface area contributed by atoms with Gasteiger partial charge in [0, 0.05) is 15.1 Å². The number of carbonyl (C=O) groups is 2. The Morgan fingerprint density at radius 2 is 1.84 bits per heavy atom. The maximum absolute atomic E-state index is 12.5. The number of benzene rings is 3. The molecule has 10 heteroatoms. The first-order valence-electron chi connectivity index (χ1n) is 8.99. The van der Waals surface area contributed by atoms with Crippen LogP contribution in [0.4, 0.5) is 0 Å². The van der Waals surface area contributed by atoms with Gasteiger partial charge in [0.25, 0.3) is 5.91 Å². The van der Waals surface area contributed by atoms with Gasteiger partial charge in [0.2, 0.25) is 0 Å². The van der Waals surface area contributed by atoms with Crippen molar-refractivity contribution in [2.45, 2.75) is 0 Å². The van der Waals surface area contributed by atoms with Crippen molar-refractivity contribution < 1.29 is 19.1 Å². The Balaban J connectivity index is 1.66. The van der Waals surface area contributed by atoms with E-state index >= 15 is 0 Å². The van der Waals surface area contributed by atoms with E-state index in [1.807, 2.05) is 6.07 Å². The summed E-state index contributed by atoms with van der Waals surface area (Å²) in [5.41, 5.74) is 3.27. The van der Waals surface area contributed by atoms with Crippen LogP contribution in [0.5, 0.6) is 11.5 Å². The number of rotatable bonds is 7. The van der Waals surface area contributed by atoms with Crippen LogP contribution in [0.3, 0.4) is 0 Å². The van der Waals surface area contributed by atoms with Crippen LogP contribution in [0.2, 0.25) is 5.02 Å². The fourth-order valence-corrected chi connectivity index (χ4v) is 4.82. The smallest absolute Gasteiger partial charge is 0.343 e. The lowest BCUT2D eigenvalue weighted by molar-refractivity contribution is -0.123. The van der Waals surface area contributed by atoms with Crippen molar-refractivity contribution in [3.63, 3.8) is 0 Å². The van der Waals surface area contributed by atoms with Crippen LogP contribution in [0, 0.1) is 3.57 Å². The molecule has 0 fully saturated rings. The number of hydrazone groups is 1. The molecule has 32 heavy (non-hydrogen) atoms. The van der Waals surface area contributed by atoms with Gasteiger partial charge in [-0.2, -0.15) is 5.10 Å². The monoisotopic (exact) mass is 690 g/mol. The van der Waals surface area contributed by atoms with Gasteiger partial charge < -0.3 is 9.47 Å². The Hall–Kier alpha value is -1.95. The van der Waals surface area contributed by atoms with Gasteiger partial charge in [-0.3, -0.25) is 4.79 Å². The molecule has 0 aliphatic rings. The van der Waals surface area contributed by atoms with E-state index in [0.29, 0.717) is 26.4 Å². The molecular formula is C22H14Br2ClIN2O4. The lowest BCUT2D eigenvalue weighted by Crippen LogP contribution is -2.24. The molecule has 0 saturated heterocycles. The van der Waals surface area contributed by atoms with Crippen molar-refractivity contribution in [2.75, 3.05) is 6.61 Å². The standard InChI is InChI=1S/C22H14Br2ClIN2O4/c23-15-8-14(21(17(24)9-15)32-22(30)13-4-2-1-3-5-13)11-27-28-20(29)12-31-19-7-6-16(25)10-18(19)26/h1-11H,12H2,(H,28,29)/b27-11+. The van der Waals surface area contributed by atoms with Crippen LogP contribution in [0.15, 0.2) is 74.7 Å². The van der Waals surface area contributed by atoms with Crippen LogP contribution in [0.1, 0.15) is 15.9 Å². The second-order valence-corrected chi connectivity index (χ2v) is 9.59. The maximum Gasteiger partial charge on any atom is 0.343 e. The zero-order valence-electron chi connectivity index (χ0n) is 16.2. The van der Waals surface area contributed by atoms with Crippen LogP contribution in [-0.2, 0) is 4.79 Å². The fraction of sp³-hybridized carbons (Fsp3) is 0.0455. The van der Waals surface area contributed by atoms with Gasteiger partial charge in [-0.15, -0.1) is 0 Å². The highest BCUT2D eigenvalue weighted by molar-refractivity contribution is 14.1. The lowest BCUT2D eigenvalue weighted by Gasteiger charge is -2.10. The third kappa shape index (κ3) is 7.03. The van der Waals surface area contributed by atoms with Crippen LogP contribution in [0.25, 0.3) is 0 Å². The third-order valence-corrected chi connectivity index (χ3v) is 6.01. The molecule has 0 unspecified atom stereocenters. The highest BCUT2D eigenvalue weighted by Crippen LogP contribution is 2.32. The highest BCUT2D eigenvalue weighted by atomic mass is 127. The molecule has 0 aliphatic heterocycles. The van der Waals surface area contributed by atoms with E-state index in [4.69, 9.17) is 21.1 Å². The number of carbonyl (C=O) groups excluding carboxylic acids is 2. The predicted octanol–water partition coefficient (Wildman–Crippen LogP) is 6.22. The second-order valence-electron chi connectivity index (χ2n) is 6.22. The van der Waals surface area contributed by atoms with Crippen molar-refractivity contribution in [3.05, 3.63) is 89.3 Å². The molecule has 0 radical (unpaired) electrons. The summed E-state index contributed by atoms with van der Waals surface area (Å²) in [4.78, 5) is 24.5. The number of halogens is 4. The summed E-state index contributed by atoms with van der Waals surface area (Å²) in [5.74, 6) is -0.158. The summed E-state index contributed by atoms with van der Waals surface area (Å²) in [5, 5.41) is 4.54. The molecular weight excluding hydrogens is 678 g/mol. The van der Waals surface area contributed by atoms with Gasteiger partial charge >= 0.3 is 5.97 Å². The molecule has 1 N–H and O–H groups in total. The van der Waals surface area contributed by atoms with Crippen LogP contribution >= 0.6 is 66.1 Å². The summed E-state index contributed by atoms with van der Waals surface area (Å²) < 4.78 is 13.1. The molecule has 0 aliphatic carbocycles. The minimum atomic E-state index is -0.515. The third-order valence-electron chi connectivity index (χ3n) is 3.89. The second kappa shape index (κ2) is 11.8. The molecule has 0 heterocycles. The van der Waals surface area contributed by atoms with E-state index in [9.17, 15) is 9.59 Å². The van der Waals surface area contributed by atoms with E-state index in [-0.39, 0.29) is 12.4 Å². The quantitative estimate of drug-likeness (QED) is 0.105. The summed E-state index contributed by atoms with van der Waals surface area (Å²) in [6.45, 7) is -0.229. The number of nitrogens with one attached hydrogen (secondary N) is 1. The first kappa shape index (κ1) is 24.7. The molecule has 0 atom stereocenters. The molecule has 3 rings (SSSR count). The van der Waals surface area contributed by atoms with Crippen LogP contribution in [-0.4, -0.2) is 24.7 Å². The van der Waals surface area contributed by atoms with E-state index in [1.54, 1.807) is 54.6 Å². The van der Waals surface area contributed by atoms with E-state index < -0.39 is 11.9 Å². The molecule has 1 amide bonds. The first-order valence-corrected chi connectivity index (χ1v) is 12.0. The predicted molar refractivity (Wildman–Crippen MR) is 139 cm³/mol. The largest absolute Gasteiger partial charge is 0.483 e. The number of amides is 1. The number of esters is 1. The molecule has 0 spiro atoms. The number of ether oxygens (including phenoxy) is 2. The van der Waals surface area contributed by atoms with Gasteiger partial charge in [-0.25, -0.2) is 10.2 Å². The van der Waals surface area contributed by atoms with E-state index in [1.165, 1.54) is 6.21 Å². The average Bonchev–Trinajstić information content (AvgIpc) is 2.76. The van der Waals surface area contributed by atoms with Gasteiger partial charge in [-0.1, -0.05) is 45.7 Å². The molecule has 0 bridgehead atoms. The van der Waals surface area contributed by atoms with Crippen LogP contribution < -0.4 is 14.9 Å². The summed E-state index contributed by atoms with van der Waals surface area (Å²) in [6.07, 6.45) is 1.38. The minimum Gasteiger partial charge on any atom is -0.483 e.